The van der Waals surface area contributed by atoms with E-state index in [0.717, 1.165) is 30.6 Å². The van der Waals surface area contributed by atoms with Gasteiger partial charge >= 0.3 is 0 Å². The Morgan fingerprint density at radius 2 is 2.29 bits per heavy atom. The molecule has 17 heavy (non-hydrogen) atoms. The van der Waals surface area contributed by atoms with Crippen molar-refractivity contribution < 1.29 is 4.39 Å². The van der Waals surface area contributed by atoms with Crippen molar-refractivity contribution in [2.24, 2.45) is 4.99 Å². The van der Waals surface area contributed by atoms with Gasteiger partial charge in [-0.1, -0.05) is 0 Å². The third-order valence-corrected chi connectivity index (χ3v) is 3.08. The van der Waals surface area contributed by atoms with Crippen LogP contribution in [0.1, 0.15) is 36.9 Å². The number of aliphatic imine (C=N–C) groups is 1. The minimum absolute atomic E-state index is 0.326. The molecule has 0 spiro atoms. The van der Waals surface area contributed by atoms with Crippen LogP contribution in [0.3, 0.4) is 0 Å². The molecular formula is C13H18FN3. The molecule has 0 atom stereocenters. The van der Waals surface area contributed by atoms with E-state index in [1.807, 2.05) is 18.0 Å². The van der Waals surface area contributed by atoms with Crippen molar-refractivity contribution in [2.75, 3.05) is 13.6 Å². The molecular weight excluding hydrogens is 217 g/mol. The number of halogens is 1. The molecule has 1 saturated carbocycles. The van der Waals surface area contributed by atoms with Gasteiger partial charge in [0.15, 0.2) is 0 Å². The van der Waals surface area contributed by atoms with Gasteiger partial charge in [-0.2, -0.15) is 4.39 Å². The Bertz CT molecular complexity index is 439. The fourth-order valence-corrected chi connectivity index (χ4v) is 1.63. The standard InChI is InChI=1S/C13H18FN3/c1-4-17(3)8-15-12-7-11(10-5-6-10)13(14)16-9(12)2/h7-8,10H,4-6H2,1-3H3. The Kier molecular flexibility index (Phi) is 3.41. The van der Waals surface area contributed by atoms with E-state index in [-0.39, 0.29) is 5.95 Å². The first kappa shape index (κ1) is 12.0. The molecule has 1 aromatic rings. The van der Waals surface area contributed by atoms with Crippen molar-refractivity contribution in [2.45, 2.75) is 32.6 Å². The quantitative estimate of drug-likeness (QED) is 0.456. The Hall–Kier alpha value is -1.45. The molecule has 1 heterocycles. The van der Waals surface area contributed by atoms with Gasteiger partial charge in [0.05, 0.1) is 17.7 Å². The van der Waals surface area contributed by atoms with Crippen LogP contribution in [0.25, 0.3) is 0 Å². The van der Waals surface area contributed by atoms with E-state index in [2.05, 4.69) is 16.9 Å². The largest absolute Gasteiger partial charge is 0.366 e. The highest BCUT2D eigenvalue weighted by Crippen LogP contribution is 2.42. The van der Waals surface area contributed by atoms with Crippen LogP contribution in [0, 0.1) is 12.9 Å². The van der Waals surface area contributed by atoms with Crippen LogP contribution in [0.15, 0.2) is 11.1 Å². The van der Waals surface area contributed by atoms with E-state index >= 15 is 0 Å². The second-order valence-electron chi connectivity index (χ2n) is 4.57. The third kappa shape index (κ3) is 2.81. The number of hydrogen-bond acceptors (Lipinski definition) is 2. The molecule has 0 amide bonds. The van der Waals surface area contributed by atoms with Gasteiger partial charge in [0.25, 0.3) is 0 Å². The minimum Gasteiger partial charge on any atom is -0.366 e. The van der Waals surface area contributed by atoms with Gasteiger partial charge in [0.1, 0.15) is 0 Å². The van der Waals surface area contributed by atoms with E-state index in [1.165, 1.54) is 0 Å². The summed E-state index contributed by atoms with van der Waals surface area (Å²) in [5, 5.41) is 0. The Morgan fingerprint density at radius 1 is 1.59 bits per heavy atom. The van der Waals surface area contributed by atoms with Crippen molar-refractivity contribution >= 4 is 12.0 Å². The fraction of sp³-hybridized carbons (Fsp3) is 0.538. The summed E-state index contributed by atoms with van der Waals surface area (Å²) in [5.74, 6) is 0.0359. The molecule has 0 aliphatic heterocycles. The van der Waals surface area contributed by atoms with Gasteiger partial charge < -0.3 is 4.90 Å². The maximum Gasteiger partial charge on any atom is 0.216 e. The van der Waals surface area contributed by atoms with Crippen molar-refractivity contribution in [1.82, 2.24) is 9.88 Å². The maximum atomic E-state index is 13.6. The molecule has 0 radical (unpaired) electrons. The molecule has 3 nitrogen and oxygen atoms in total. The van der Waals surface area contributed by atoms with E-state index in [4.69, 9.17) is 0 Å². The molecule has 0 bridgehead atoms. The van der Waals surface area contributed by atoms with E-state index in [9.17, 15) is 4.39 Å². The second kappa shape index (κ2) is 4.82. The average Bonchev–Trinajstić information content (AvgIpc) is 3.11. The van der Waals surface area contributed by atoms with Crippen LogP contribution in [-0.4, -0.2) is 29.8 Å². The lowest BCUT2D eigenvalue weighted by molar-refractivity contribution is 0.551. The second-order valence-corrected chi connectivity index (χ2v) is 4.57. The zero-order valence-corrected chi connectivity index (χ0v) is 10.6. The normalized spacial score (nSPS) is 15.5. The van der Waals surface area contributed by atoms with Crippen LogP contribution in [0.4, 0.5) is 10.1 Å². The SMILES string of the molecule is CCN(C)C=Nc1cc(C2CC2)c(F)nc1C. The van der Waals surface area contributed by atoms with Crippen molar-refractivity contribution in [3.8, 4) is 0 Å². The number of aryl methyl sites for hydroxylation is 1. The molecule has 0 aromatic carbocycles. The first-order valence-corrected chi connectivity index (χ1v) is 6.03. The summed E-state index contributed by atoms with van der Waals surface area (Å²) in [6.45, 7) is 4.74. The van der Waals surface area contributed by atoms with Gasteiger partial charge in [0, 0.05) is 19.2 Å². The molecule has 1 aliphatic carbocycles. The third-order valence-electron chi connectivity index (χ3n) is 3.08. The van der Waals surface area contributed by atoms with Crippen molar-refractivity contribution in [1.29, 1.82) is 0 Å². The molecule has 1 aromatic heterocycles. The summed E-state index contributed by atoms with van der Waals surface area (Å²) in [4.78, 5) is 10.3. The molecule has 0 saturated heterocycles. The van der Waals surface area contributed by atoms with Gasteiger partial charge in [-0.3, -0.25) is 0 Å². The Labute approximate surface area is 101 Å². The molecule has 92 valence electrons. The van der Waals surface area contributed by atoms with Crippen LogP contribution < -0.4 is 0 Å². The van der Waals surface area contributed by atoms with Crippen LogP contribution in [0.2, 0.25) is 0 Å². The average molecular weight is 235 g/mol. The topological polar surface area (TPSA) is 28.5 Å². The Balaban J connectivity index is 2.26. The van der Waals surface area contributed by atoms with Gasteiger partial charge in [0.2, 0.25) is 5.95 Å². The number of pyridine rings is 1. The lowest BCUT2D eigenvalue weighted by Gasteiger charge is -2.09. The number of rotatable bonds is 4. The summed E-state index contributed by atoms with van der Waals surface area (Å²) >= 11 is 0. The summed E-state index contributed by atoms with van der Waals surface area (Å²) < 4.78 is 13.6. The highest BCUT2D eigenvalue weighted by molar-refractivity contribution is 5.62. The highest BCUT2D eigenvalue weighted by atomic mass is 19.1. The summed E-state index contributed by atoms with van der Waals surface area (Å²) in [6.07, 6.45) is 3.90. The zero-order valence-electron chi connectivity index (χ0n) is 10.6. The van der Waals surface area contributed by atoms with Crippen molar-refractivity contribution in [3.05, 3.63) is 23.3 Å². The highest BCUT2D eigenvalue weighted by Gasteiger charge is 2.27. The van der Waals surface area contributed by atoms with Crippen LogP contribution >= 0.6 is 0 Å². The monoisotopic (exact) mass is 235 g/mol. The lowest BCUT2D eigenvalue weighted by atomic mass is 10.1. The van der Waals surface area contributed by atoms with Gasteiger partial charge in [-0.05, 0) is 38.7 Å². The van der Waals surface area contributed by atoms with E-state index in [1.54, 1.807) is 13.3 Å². The zero-order chi connectivity index (χ0) is 12.4. The first-order chi connectivity index (χ1) is 8.11. The van der Waals surface area contributed by atoms with Crippen LogP contribution in [-0.2, 0) is 0 Å². The first-order valence-electron chi connectivity index (χ1n) is 6.03. The molecule has 1 aliphatic rings. The number of hydrogen-bond donors (Lipinski definition) is 0. The van der Waals surface area contributed by atoms with E-state index in [0.29, 0.717) is 11.6 Å². The fourth-order valence-electron chi connectivity index (χ4n) is 1.63. The van der Waals surface area contributed by atoms with Crippen LogP contribution in [0.5, 0.6) is 0 Å². The molecule has 0 unspecified atom stereocenters. The smallest absolute Gasteiger partial charge is 0.216 e. The minimum atomic E-state index is -0.326. The predicted octanol–water partition coefficient (Wildman–Crippen LogP) is 3.02. The number of aromatic nitrogens is 1. The molecule has 4 heteroatoms. The molecule has 1 fully saturated rings. The molecule has 2 rings (SSSR count). The molecule has 0 N–H and O–H groups in total. The lowest BCUT2D eigenvalue weighted by Crippen LogP contribution is -2.14. The number of nitrogens with zero attached hydrogens (tertiary/aromatic N) is 3. The van der Waals surface area contributed by atoms with Crippen molar-refractivity contribution in [3.63, 3.8) is 0 Å². The summed E-state index contributed by atoms with van der Waals surface area (Å²) in [6, 6.07) is 1.84. The van der Waals surface area contributed by atoms with Gasteiger partial charge in [-0.15, -0.1) is 0 Å². The predicted molar refractivity (Wildman–Crippen MR) is 67.4 cm³/mol. The maximum absolute atomic E-state index is 13.6. The van der Waals surface area contributed by atoms with E-state index < -0.39 is 0 Å². The summed E-state index contributed by atoms with van der Waals surface area (Å²) in [7, 11) is 1.96. The Morgan fingerprint density at radius 3 is 2.88 bits per heavy atom. The summed E-state index contributed by atoms with van der Waals surface area (Å²) in [5.41, 5.74) is 2.14. The van der Waals surface area contributed by atoms with Gasteiger partial charge in [-0.25, -0.2) is 9.98 Å².